The molecule has 0 aliphatic carbocycles. The highest BCUT2D eigenvalue weighted by Crippen LogP contribution is 2.16. The summed E-state index contributed by atoms with van der Waals surface area (Å²) >= 11 is 0. The van der Waals surface area contributed by atoms with E-state index in [1.54, 1.807) is 20.0 Å². The monoisotopic (exact) mass is 364 g/mol. The van der Waals surface area contributed by atoms with Gasteiger partial charge in [0.25, 0.3) is 0 Å². The molecular weight excluding hydrogens is 332 g/mol. The topological polar surface area (TPSA) is 79.1 Å². The number of carbonyl (C=O) groups is 1. The van der Waals surface area contributed by atoms with E-state index >= 15 is 0 Å². The molecule has 26 heavy (non-hydrogen) atoms. The Kier molecular flexibility index (Phi) is 7.97. The van der Waals surface area contributed by atoms with Crippen molar-refractivity contribution in [2.75, 3.05) is 40.3 Å². The molecule has 1 aromatic heterocycles. The molecular formula is C19H32N4O3. The first-order valence-electron chi connectivity index (χ1n) is 9.38. The summed E-state index contributed by atoms with van der Waals surface area (Å²) in [7, 11) is 3.11. The summed E-state index contributed by atoms with van der Waals surface area (Å²) in [6, 6.07) is 1.71. The highest BCUT2D eigenvalue weighted by molar-refractivity contribution is 5.90. The molecule has 0 atom stereocenters. The fourth-order valence-corrected chi connectivity index (χ4v) is 3.13. The third-order valence-electron chi connectivity index (χ3n) is 4.85. The molecule has 1 fully saturated rings. The Hall–Kier alpha value is -2.02. The molecule has 0 spiro atoms. The first kappa shape index (κ1) is 20.3. The highest BCUT2D eigenvalue weighted by atomic mass is 16.5. The van der Waals surface area contributed by atoms with Crippen molar-refractivity contribution in [3.8, 4) is 0 Å². The zero-order valence-corrected chi connectivity index (χ0v) is 16.4. The van der Waals surface area contributed by atoms with Gasteiger partial charge in [0.2, 0.25) is 0 Å². The van der Waals surface area contributed by atoms with Crippen LogP contribution in [0.2, 0.25) is 0 Å². The molecule has 1 saturated heterocycles. The van der Waals surface area contributed by atoms with Crippen LogP contribution < -0.4 is 10.6 Å². The lowest BCUT2D eigenvalue weighted by molar-refractivity contribution is 0.0599. The third-order valence-corrected chi connectivity index (χ3v) is 4.85. The predicted octanol–water partition coefficient (Wildman–Crippen LogP) is 2.16. The lowest BCUT2D eigenvalue weighted by atomic mass is 9.99. The van der Waals surface area contributed by atoms with Crippen LogP contribution in [0.1, 0.15) is 48.1 Å². The van der Waals surface area contributed by atoms with Gasteiger partial charge in [-0.25, -0.2) is 4.79 Å². The number of guanidine groups is 1. The Bertz CT molecular complexity index is 604. The Morgan fingerprint density at radius 2 is 2.12 bits per heavy atom. The second kappa shape index (κ2) is 10.2. The largest absolute Gasteiger partial charge is 0.465 e. The van der Waals surface area contributed by atoms with Crippen LogP contribution in [0.15, 0.2) is 15.5 Å². The van der Waals surface area contributed by atoms with E-state index in [1.165, 1.54) is 33.0 Å². The van der Waals surface area contributed by atoms with Crippen LogP contribution in [0.25, 0.3) is 0 Å². The number of piperidine rings is 1. The number of nitrogens with one attached hydrogen (secondary N) is 2. The van der Waals surface area contributed by atoms with E-state index in [1.807, 2.05) is 0 Å². The Morgan fingerprint density at radius 3 is 2.77 bits per heavy atom. The average molecular weight is 364 g/mol. The lowest BCUT2D eigenvalue weighted by Gasteiger charge is -2.30. The second-order valence-electron chi connectivity index (χ2n) is 6.90. The summed E-state index contributed by atoms with van der Waals surface area (Å²) < 4.78 is 10.3. The van der Waals surface area contributed by atoms with Gasteiger partial charge in [-0.05, 0) is 57.8 Å². The van der Waals surface area contributed by atoms with Gasteiger partial charge >= 0.3 is 5.97 Å². The van der Waals surface area contributed by atoms with Gasteiger partial charge in [0.1, 0.15) is 17.1 Å². The van der Waals surface area contributed by atoms with Crippen molar-refractivity contribution in [1.29, 1.82) is 0 Å². The SMILES string of the molecule is CN=C(NCCCN1CCC(C)CC1)NCc1cc(C(=O)OC)c(C)o1. The van der Waals surface area contributed by atoms with E-state index in [0.29, 0.717) is 23.6 Å². The third kappa shape index (κ3) is 6.05. The summed E-state index contributed by atoms with van der Waals surface area (Å²) in [6.45, 7) is 8.98. The number of likely N-dealkylation sites (tertiary alicyclic amines) is 1. The number of aryl methyl sites for hydroxylation is 1. The van der Waals surface area contributed by atoms with Crippen LogP contribution in [0.3, 0.4) is 0 Å². The summed E-state index contributed by atoms with van der Waals surface area (Å²) in [4.78, 5) is 18.4. The molecule has 0 radical (unpaired) electrons. The zero-order chi connectivity index (χ0) is 18.9. The van der Waals surface area contributed by atoms with Crippen LogP contribution in [0.5, 0.6) is 0 Å². The van der Waals surface area contributed by atoms with E-state index in [0.717, 1.165) is 31.4 Å². The number of nitrogens with zero attached hydrogens (tertiary/aromatic N) is 2. The van der Waals surface area contributed by atoms with Crippen molar-refractivity contribution < 1.29 is 13.9 Å². The molecule has 146 valence electrons. The quantitative estimate of drug-likeness (QED) is 0.334. The first-order chi connectivity index (χ1) is 12.5. The smallest absolute Gasteiger partial charge is 0.341 e. The lowest BCUT2D eigenvalue weighted by Crippen LogP contribution is -2.39. The Labute approximate surface area is 156 Å². The molecule has 0 bridgehead atoms. The molecule has 1 aromatic rings. The van der Waals surface area contributed by atoms with E-state index in [4.69, 9.17) is 9.15 Å². The van der Waals surface area contributed by atoms with Gasteiger partial charge in [0.15, 0.2) is 5.96 Å². The number of ether oxygens (including phenoxy) is 1. The molecule has 7 heteroatoms. The minimum atomic E-state index is -0.382. The summed E-state index contributed by atoms with van der Waals surface area (Å²) in [5.74, 6) is 2.45. The summed E-state index contributed by atoms with van der Waals surface area (Å²) in [5, 5.41) is 6.53. The average Bonchev–Trinajstić information content (AvgIpc) is 3.02. The van der Waals surface area contributed by atoms with Crippen molar-refractivity contribution in [3.63, 3.8) is 0 Å². The van der Waals surface area contributed by atoms with Gasteiger partial charge in [0, 0.05) is 13.6 Å². The molecule has 0 amide bonds. The van der Waals surface area contributed by atoms with Gasteiger partial charge < -0.3 is 24.7 Å². The molecule has 2 heterocycles. The Balaban J connectivity index is 1.68. The summed E-state index contributed by atoms with van der Waals surface area (Å²) in [5.41, 5.74) is 0.461. The standard InChI is InChI=1S/C19H32N4O3/c1-14-6-10-23(11-7-14)9-5-8-21-19(20-3)22-13-16-12-17(15(2)26-16)18(24)25-4/h12,14H,5-11,13H2,1-4H3,(H2,20,21,22). The number of aliphatic imine (C=N–C) groups is 1. The fraction of sp³-hybridized carbons (Fsp3) is 0.684. The van der Waals surface area contributed by atoms with Crippen LogP contribution in [-0.4, -0.2) is 57.2 Å². The maximum absolute atomic E-state index is 11.6. The van der Waals surface area contributed by atoms with Crippen LogP contribution in [0, 0.1) is 12.8 Å². The molecule has 0 aromatic carbocycles. The molecule has 2 rings (SSSR count). The van der Waals surface area contributed by atoms with Crippen molar-refractivity contribution in [3.05, 3.63) is 23.2 Å². The first-order valence-corrected chi connectivity index (χ1v) is 9.38. The molecule has 0 saturated carbocycles. The number of rotatable bonds is 7. The van der Waals surface area contributed by atoms with Crippen molar-refractivity contribution in [1.82, 2.24) is 15.5 Å². The minimum Gasteiger partial charge on any atom is -0.465 e. The van der Waals surface area contributed by atoms with E-state index in [9.17, 15) is 4.79 Å². The highest BCUT2D eigenvalue weighted by Gasteiger charge is 2.16. The zero-order valence-electron chi connectivity index (χ0n) is 16.4. The normalized spacial score (nSPS) is 16.5. The molecule has 1 aliphatic heterocycles. The fourth-order valence-electron chi connectivity index (χ4n) is 3.13. The minimum absolute atomic E-state index is 0.382. The number of methoxy groups -OCH3 is 1. The van der Waals surface area contributed by atoms with Crippen LogP contribution in [0.4, 0.5) is 0 Å². The molecule has 1 aliphatic rings. The number of carbonyl (C=O) groups excluding carboxylic acids is 1. The predicted molar refractivity (Wildman–Crippen MR) is 102 cm³/mol. The van der Waals surface area contributed by atoms with Gasteiger partial charge in [-0.15, -0.1) is 0 Å². The van der Waals surface area contributed by atoms with Gasteiger partial charge in [0.05, 0.1) is 13.7 Å². The van der Waals surface area contributed by atoms with Gasteiger partial charge in [-0.1, -0.05) is 6.92 Å². The molecule has 7 nitrogen and oxygen atoms in total. The Morgan fingerprint density at radius 1 is 1.38 bits per heavy atom. The van der Waals surface area contributed by atoms with Crippen LogP contribution >= 0.6 is 0 Å². The van der Waals surface area contributed by atoms with Gasteiger partial charge in [-0.3, -0.25) is 4.99 Å². The van der Waals surface area contributed by atoms with Crippen molar-refractivity contribution >= 4 is 11.9 Å². The maximum Gasteiger partial charge on any atom is 0.341 e. The van der Waals surface area contributed by atoms with Crippen LogP contribution in [-0.2, 0) is 11.3 Å². The van der Waals surface area contributed by atoms with Gasteiger partial charge in [-0.2, -0.15) is 0 Å². The molecule has 2 N–H and O–H groups in total. The number of esters is 1. The number of hydrogen-bond donors (Lipinski definition) is 2. The maximum atomic E-state index is 11.6. The van der Waals surface area contributed by atoms with Crippen molar-refractivity contribution in [2.24, 2.45) is 10.9 Å². The van der Waals surface area contributed by atoms with Crippen molar-refractivity contribution in [2.45, 2.75) is 39.7 Å². The second-order valence-corrected chi connectivity index (χ2v) is 6.90. The van der Waals surface area contributed by atoms with E-state index in [2.05, 4.69) is 27.4 Å². The summed E-state index contributed by atoms with van der Waals surface area (Å²) in [6.07, 6.45) is 3.71. The number of furan rings is 1. The molecule has 0 unspecified atom stereocenters. The van der Waals surface area contributed by atoms with E-state index in [-0.39, 0.29) is 5.97 Å². The van der Waals surface area contributed by atoms with E-state index < -0.39 is 0 Å². The number of hydrogen-bond acceptors (Lipinski definition) is 5.